The summed E-state index contributed by atoms with van der Waals surface area (Å²) in [7, 11) is -3.43. The molecule has 2 aromatic rings. The quantitative estimate of drug-likeness (QED) is 0.832. The summed E-state index contributed by atoms with van der Waals surface area (Å²) in [5.41, 5.74) is 0. The van der Waals surface area contributed by atoms with Crippen LogP contribution in [0.5, 0.6) is 5.75 Å². The molecule has 1 heterocycles. The third-order valence-corrected chi connectivity index (χ3v) is 6.18. The maximum Gasteiger partial charge on any atom is 0.243 e. The number of benzene rings is 2. The van der Waals surface area contributed by atoms with Crippen LogP contribution in [0.4, 0.5) is 4.39 Å². The summed E-state index contributed by atoms with van der Waals surface area (Å²) in [5, 5.41) is 0. The Morgan fingerprint density at radius 3 is 2.29 bits per heavy atom. The van der Waals surface area contributed by atoms with Crippen LogP contribution in [0.2, 0.25) is 0 Å². The first kappa shape index (κ1) is 16.9. The van der Waals surface area contributed by atoms with Crippen LogP contribution in [0.25, 0.3) is 0 Å². The lowest BCUT2D eigenvalue weighted by molar-refractivity contribution is 0.181. The molecule has 0 bridgehead atoms. The predicted molar refractivity (Wildman–Crippen MR) is 89.8 cm³/mol. The van der Waals surface area contributed by atoms with Gasteiger partial charge in [-0.3, -0.25) is 0 Å². The van der Waals surface area contributed by atoms with Crippen LogP contribution in [-0.4, -0.2) is 32.4 Å². The topological polar surface area (TPSA) is 46.6 Å². The molecule has 2 aromatic carbocycles. The second kappa shape index (κ2) is 7.32. The second-order valence-electron chi connectivity index (χ2n) is 5.90. The van der Waals surface area contributed by atoms with Crippen molar-refractivity contribution in [2.45, 2.75) is 17.7 Å². The largest absolute Gasteiger partial charge is 0.490 e. The van der Waals surface area contributed by atoms with E-state index in [2.05, 4.69) is 0 Å². The highest BCUT2D eigenvalue weighted by Crippen LogP contribution is 2.25. The lowest BCUT2D eigenvalue weighted by Crippen LogP contribution is -2.39. The van der Waals surface area contributed by atoms with Crippen LogP contribution in [-0.2, 0) is 10.0 Å². The fraction of sp³-hybridized carbons (Fsp3) is 0.333. The maximum absolute atomic E-state index is 13.5. The highest BCUT2D eigenvalue weighted by Gasteiger charge is 2.29. The lowest BCUT2D eigenvalue weighted by atomic mass is 9.99. The molecule has 0 aromatic heterocycles. The van der Waals surface area contributed by atoms with Gasteiger partial charge in [0.15, 0.2) is 11.6 Å². The van der Waals surface area contributed by atoms with E-state index in [1.165, 1.54) is 10.4 Å². The SMILES string of the molecule is O=S(=O)(c1ccccc1)N1CCC(COc2ccccc2F)CC1. The van der Waals surface area contributed by atoms with Crippen molar-refractivity contribution in [3.05, 3.63) is 60.4 Å². The van der Waals surface area contributed by atoms with Crippen LogP contribution in [0, 0.1) is 11.7 Å². The number of ether oxygens (including phenoxy) is 1. The summed E-state index contributed by atoms with van der Waals surface area (Å²) in [6.45, 7) is 1.32. The molecule has 0 unspecified atom stereocenters. The van der Waals surface area contributed by atoms with Crippen LogP contribution in [0.3, 0.4) is 0 Å². The van der Waals surface area contributed by atoms with Gasteiger partial charge in [0.1, 0.15) is 0 Å². The van der Waals surface area contributed by atoms with E-state index in [0.717, 1.165) is 0 Å². The molecule has 128 valence electrons. The molecule has 1 aliphatic rings. The Labute approximate surface area is 141 Å². The molecule has 0 spiro atoms. The summed E-state index contributed by atoms with van der Waals surface area (Å²) in [5.74, 6) is 0.102. The zero-order valence-corrected chi connectivity index (χ0v) is 14.1. The fourth-order valence-corrected chi connectivity index (χ4v) is 4.32. The first-order valence-corrected chi connectivity index (χ1v) is 9.44. The van der Waals surface area contributed by atoms with Gasteiger partial charge in [0.05, 0.1) is 11.5 Å². The normalized spacial score (nSPS) is 16.9. The Balaban J connectivity index is 1.55. The Hall–Kier alpha value is -1.92. The van der Waals surface area contributed by atoms with Crippen molar-refractivity contribution in [3.8, 4) is 5.75 Å². The molecule has 0 atom stereocenters. The third kappa shape index (κ3) is 3.76. The molecule has 0 amide bonds. The zero-order valence-electron chi connectivity index (χ0n) is 13.3. The van der Waals surface area contributed by atoms with Crippen LogP contribution < -0.4 is 4.74 Å². The average molecular weight is 349 g/mol. The number of piperidine rings is 1. The van der Waals surface area contributed by atoms with Crippen molar-refractivity contribution in [1.29, 1.82) is 0 Å². The van der Waals surface area contributed by atoms with Gasteiger partial charge in [0.2, 0.25) is 10.0 Å². The molecule has 24 heavy (non-hydrogen) atoms. The van der Waals surface area contributed by atoms with Crippen molar-refractivity contribution < 1.29 is 17.5 Å². The van der Waals surface area contributed by atoms with E-state index >= 15 is 0 Å². The van der Waals surface area contributed by atoms with Gasteiger partial charge in [0, 0.05) is 13.1 Å². The molecule has 0 N–H and O–H groups in total. The minimum Gasteiger partial charge on any atom is -0.490 e. The molecule has 3 rings (SSSR count). The van der Waals surface area contributed by atoms with Crippen molar-refractivity contribution in [2.75, 3.05) is 19.7 Å². The van der Waals surface area contributed by atoms with Crippen LogP contribution in [0.1, 0.15) is 12.8 Å². The van der Waals surface area contributed by atoms with Gasteiger partial charge in [-0.2, -0.15) is 4.31 Å². The Morgan fingerprint density at radius 1 is 1.00 bits per heavy atom. The summed E-state index contributed by atoms with van der Waals surface area (Å²) < 4.78 is 45.7. The van der Waals surface area contributed by atoms with Gasteiger partial charge in [-0.1, -0.05) is 30.3 Å². The van der Waals surface area contributed by atoms with E-state index in [9.17, 15) is 12.8 Å². The summed E-state index contributed by atoms with van der Waals surface area (Å²) >= 11 is 0. The third-order valence-electron chi connectivity index (χ3n) is 4.27. The first-order valence-electron chi connectivity index (χ1n) is 8.00. The zero-order chi connectivity index (χ0) is 17.0. The Bertz CT molecular complexity index is 772. The first-order chi connectivity index (χ1) is 11.6. The maximum atomic E-state index is 13.5. The summed E-state index contributed by atoms with van der Waals surface area (Å²) in [6, 6.07) is 14.8. The molecule has 1 fully saturated rings. The average Bonchev–Trinajstić information content (AvgIpc) is 2.62. The number of rotatable bonds is 5. The molecule has 0 radical (unpaired) electrons. The van der Waals surface area contributed by atoms with E-state index in [1.807, 2.05) is 0 Å². The second-order valence-corrected chi connectivity index (χ2v) is 7.84. The highest BCUT2D eigenvalue weighted by molar-refractivity contribution is 7.89. The minimum absolute atomic E-state index is 0.229. The smallest absolute Gasteiger partial charge is 0.243 e. The number of halogens is 1. The standard InChI is InChI=1S/C18H20FNO3S/c19-17-8-4-5-9-18(17)23-14-15-10-12-20(13-11-15)24(21,22)16-6-2-1-3-7-16/h1-9,15H,10-14H2. The lowest BCUT2D eigenvalue weighted by Gasteiger charge is -2.31. The predicted octanol–water partition coefficient (Wildman–Crippen LogP) is 3.31. The Kier molecular flexibility index (Phi) is 5.16. The van der Waals surface area contributed by atoms with Crippen LogP contribution in [0.15, 0.2) is 59.5 Å². The number of nitrogens with zero attached hydrogens (tertiary/aromatic N) is 1. The van der Waals surface area contributed by atoms with Gasteiger partial charge in [0.25, 0.3) is 0 Å². The van der Waals surface area contributed by atoms with Crippen LogP contribution >= 0.6 is 0 Å². The van der Waals surface area contributed by atoms with E-state index < -0.39 is 10.0 Å². The van der Waals surface area contributed by atoms with Gasteiger partial charge in [-0.15, -0.1) is 0 Å². The van der Waals surface area contributed by atoms with E-state index in [4.69, 9.17) is 4.74 Å². The van der Waals surface area contributed by atoms with E-state index in [-0.39, 0.29) is 17.5 Å². The Morgan fingerprint density at radius 2 is 1.62 bits per heavy atom. The number of hydrogen-bond acceptors (Lipinski definition) is 3. The van der Waals surface area contributed by atoms with Crippen molar-refractivity contribution in [3.63, 3.8) is 0 Å². The summed E-state index contributed by atoms with van der Waals surface area (Å²) in [6.07, 6.45) is 1.42. The fourth-order valence-electron chi connectivity index (χ4n) is 2.83. The highest BCUT2D eigenvalue weighted by atomic mass is 32.2. The number of para-hydroxylation sites is 1. The molecular weight excluding hydrogens is 329 g/mol. The van der Waals surface area contributed by atoms with E-state index in [0.29, 0.717) is 37.4 Å². The minimum atomic E-state index is -3.43. The van der Waals surface area contributed by atoms with Gasteiger partial charge < -0.3 is 4.74 Å². The van der Waals surface area contributed by atoms with Gasteiger partial charge >= 0.3 is 0 Å². The monoisotopic (exact) mass is 349 g/mol. The molecular formula is C18H20FNO3S. The molecule has 4 nitrogen and oxygen atoms in total. The molecule has 1 saturated heterocycles. The molecule has 0 saturated carbocycles. The molecule has 0 aliphatic carbocycles. The van der Waals surface area contributed by atoms with Crippen molar-refractivity contribution in [1.82, 2.24) is 4.31 Å². The summed E-state index contributed by atoms with van der Waals surface area (Å²) in [4.78, 5) is 0.325. The van der Waals surface area contributed by atoms with E-state index in [1.54, 1.807) is 48.5 Å². The molecule has 1 aliphatic heterocycles. The van der Waals surface area contributed by atoms with Crippen molar-refractivity contribution in [2.24, 2.45) is 5.92 Å². The molecule has 6 heteroatoms. The van der Waals surface area contributed by atoms with Gasteiger partial charge in [-0.25, -0.2) is 12.8 Å². The number of hydrogen-bond donors (Lipinski definition) is 0. The van der Waals surface area contributed by atoms with Gasteiger partial charge in [-0.05, 0) is 43.0 Å². The number of sulfonamides is 1. The van der Waals surface area contributed by atoms with Crippen molar-refractivity contribution >= 4 is 10.0 Å².